The van der Waals surface area contributed by atoms with Crippen LogP contribution < -0.4 is 4.72 Å². The predicted octanol–water partition coefficient (Wildman–Crippen LogP) is 3.02. The van der Waals surface area contributed by atoms with Gasteiger partial charge in [0.2, 0.25) is 10.0 Å². The first-order valence-corrected chi connectivity index (χ1v) is 9.08. The van der Waals surface area contributed by atoms with Crippen molar-refractivity contribution in [2.75, 3.05) is 14.1 Å². The summed E-state index contributed by atoms with van der Waals surface area (Å²) in [5, 5.41) is 0. The fourth-order valence-corrected chi connectivity index (χ4v) is 3.06. The van der Waals surface area contributed by atoms with Gasteiger partial charge in [0.25, 0.3) is 5.91 Å². The Labute approximate surface area is 153 Å². The number of rotatable bonds is 5. The molecule has 1 N–H and O–H groups in total. The summed E-state index contributed by atoms with van der Waals surface area (Å²) >= 11 is 0. The van der Waals surface area contributed by atoms with Crippen LogP contribution in [0.2, 0.25) is 0 Å². The highest BCUT2D eigenvalue weighted by atomic mass is 32.2. The molecule has 0 aliphatic heterocycles. The lowest BCUT2D eigenvalue weighted by Gasteiger charge is -2.18. The van der Waals surface area contributed by atoms with Crippen molar-refractivity contribution in [3.63, 3.8) is 0 Å². The van der Waals surface area contributed by atoms with Crippen molar-refractivity contribution in [2.45, 2.75) is 17.6 Å². The Balaban J connectivity index is 2.24. The lowest BCUT2D eigenvalue weighted by Crippen LogP contribution is -2.28. The molecule has 0 atom stereocenters. The minimum atomic E-state index is -4.47. The first-order chi connectivity index (χ1) is 12.5. The molecule has 2 aromatic carbocycles. The van der Waals surface area contributed by atoms with Crippen molar-refractivity contribution in [2.24, 2.45) is 0 Å². The quantitative estimate of drug-likeness (QED) is 0.779. The summed E-state index contributed by atoms with van der Waals surface area (Å²) in [6.07, 6.45) is -4.47. The molecule has 2 aromatic rings. The monoisotopic (exact) mass is 404 g/mol. The van der Waals surface area contributed by atoms with E-state index in [0.29, 0.717) is 5.56 Å². The summed E-state index contributed by atoms with van der Waals surface area (Å²) < 4.78 is 77.4. The fraction of sp³-hybridized carbons (Fsp3) is 0.235. The molecule has 0 fully saturated rings. The van der Waals surface area contributed by atoms with E-state index in [1.807, 2.05) is 0 Å². The van der Waals surface area contributed by atoms with Gasteiger partial charge in [-0.3, -0.25) is 4.79 Å². The maximum atomic E-state index is 14.0. The minimum absolute atomic E-state index is 0.0839. The van der Waals surface area contributed by atoms with Gasteiger partial charge in [-0.1, -0.05) is 12.1 Å². The van der Waals surface area contributed by atoms with E-state index >= 15 is 0 Å². The Morgan fingerprint density at radius 1 is 1.11 bits per heavy atom. The lowest BCUT2D eigenvalue weighted by atomic mass is 10.1. The Hall–Kier alpha value is -2.46. The third kappa shape index (κ3) is 4.83. The molecule has 27 heavy (non-hydrogen) atoms. The predicted molar refractivity (Wildman–Crippen MR) is 89.9 cm³/mol. The van der Waals surface area contributed by atoms with Crippen LogP contribution in [0.1, 0.15) is 21.5 Å². The summed E-state index contributed by atoms with van der Waals surface area (Å²) in [6.45, 7) is -0.0839. The molecule has 10 heteroatoms. The van der Waals surface area contributed by atoms with Gasteiger partial charge >= 0.3 is 6.18 Å². The van der Waals surface area contributed by atoms with Gasteiger partial charge in [0, 0.05) is 13.6 Å². The van der Waals surface area contributed by atoms with Gasteiger partial charge in [0.05, 0.1) is 16.0 Å². The third-order valence-corrected chi connectivity index (χ3v) is 5.21. The molecule has 0 spiro atoms. The SMILES string of the molecule is CNS(=O)(=O)c1ccc(F)c(C(=O)N(C)Cc2ccc(C(F)(F)F)cc2)c1. The molecule has 0 aromatic heterocycles. The third-order valence-electron chi connectivity index (χ3n) is 3.79. The van der Waals surface area contributed by atoms with E-state index in [4.69, 9.17) is 0 Å². The number of nitrogens with zero attached hydrogens (tertiary/aromatic N) is 1. The Morgan fingerprint density at radius 2 is 1.70 bits per heavy atom. The van der Waals surface area contributed by atoms with E-state index in [0.717, 1.165) is 35.2 Å². The summed E-state index contributed by atoms with van der Waals surface area (Å²) in [4.78, 5) is 13.3. The van der Waals surface area contributed by atoms with E-state index in [9.17, 15) is 30.8 Å². The average molecular weight is 404 g/mol. The molecule has 0 heterocycles. The molecule has 2 rings (SSSR count). The molecule has 0 unspecified atom stereocenters. The Kier molecular flexibility index (Phi) is 5.91. The Bertz CT molecular complexity index is 942. The highest BCUT2D eigenvalue weighted by Crippen LogP contribution is 2.29. The second-order valence-corrected chi connectivity index (χ2v) is 7.59. The van der Waals surface area contributed by atoms with E-state index in [1.54, 1.807) is 0 Å². The van der Waals surface area contributed by atoms with Crippen LogP contribution in [0.5, 0.6) is 0 Å². The van der Waals surface area contributed by atoms with Crippen molar-refractivity contribution >= 4 is 15.9 Å². The maximum Gasteiger partial charge on any atom is 0.416 e. The van der Waals surface area contributed by atoms with Gasteiger partial charge in [-0.2, -0.15) is 13.2 Å². The standard InChI is InChI=1S/C17H16F4N2O3S/c1-22-27(25,26)13-7-8-15(18)14(9-13)16(24)23(2)10-11-3-5-12(6-4-11)17(19,20)21/h3-9,22H,10H2,1-2H3. The normalized spacial score (nSPS) is 12.1. The highest BCUT2D eigenvalue weighted by Gasteiger charge is 2.30. The number of benzene rings is 2. The molecular weight excluding hydrogens is 388 g/mol. The molecule has 0 saturated heterocycles. The molecular formula is C17H16F4N2O3S. The number of hydrogen-bond acceptors (Lipinski definition) is 3. The second kappa shape index (κ2) is 7.65. The van der Waals surface area contributed by atoms with Crippen molar-refractivity contribution < 1.29 is 30.8 Å². The molecule has 0 saturated carbocycles. The number of nitrogens with one attached hydrogen (secondary N) is 1. The van der Waals surface area contributed by atoms with Gasteiger partial charge < -0.3 is 4.90 Å². The van der Waals surface area contributed by atoms with Crippen molar-refractivity contribution in [1.29, 1.82) is 0 Å². The van der Waals surface area contributed by atoms with Crippen LogP contribution >= 0.6 is 0 Å². The minimum Gasteiger partial charge on any atom is -0.337 e. The molecule has 0 radical (unpaired) electrons. The van der Waals surface area contributed by atoms with Crippen molar-refractivity contribution in [3.05, 3.63) is 65.0 Å². The average Bonchev–Trinajstić information content (AvgIpc) is 2.61. The van der Waals surface area contributed by atoms with Gasteiger partial charge in [0.15, 0.2) is 0 Å². The smallest absolute Gasteiger partial charge is 0.337 e. The molecule has 0 aliphatic carbocycles. The van der Waals surface area contributed by atoms with Crippen LogP contribution in [0.25, 0.3) is 0 Å². The molecule has 5 nitrogen and oxygen atoms in total. The number of amides is 1. The van der Waals surface area contributed by atoms with Gasteiger partial charge in [-0.25, -0.2) is 17.5 Å². The number of carbonyl (C=O) groups excluding carboxylic acids is 1. The highest BCUT2D eigenvalue weighted by molar-refractivity contribution is 7.89. The van der Waals surface area contributed by atoms with Gasteiger partial charge in [0.1, 0.15) is 5.82 Å². The van der Waals surface area contributed by atoms with Crippen LogP contribution in [0.3, 0.4) is 0 Å². The Morgan fingerprint density at radius 3 is 2.22 bits per heavy atom. The van der Waals surface area contributed by atoms with E-state index in [2.05, 4.69) is 4.72 Å². The summed E-state index contributed by atoms with van der Waals surface area (Å²) in [6, 6.07) is 6.99. The molecule has 1 amide bonds. The van der Waals surface area contributed by atoms with Gasteiger partial charge in [-0.05, 0) is 42.9 Å². The number of carbonyl (C=O) groups is 1. The zero-order chi connectivity index (χ0) is 20.4. The first kappa shape index (κ1) is 20.8. The summed E-state index contributed by atoms with van der Waals surface area (Å²) in [5.41, 5.74) is -0.879. The molecule has 146 valence electrons. The topological polar surface area (TPSA) is 66.5 Å². The van der Waals surface area contributed by atoms with Crippen LogP contribution in [0.4, 0.5) is 17.6 Å². The number of hydrogen-bond donors (Lipinski definition) is 1. The zero-order valence-corrected chi connectivity index (χ0v) is 15.2. The van der Waals surface area contributed by atoms with Crippen molar-refractivity contribution in [3.8, 4) is 0 Å². The largest absolute Gasteiger partial charge is 0.416 e. The number of alkyl halides is 3. The van der Waals surface area contributed by atoms with Gasteiger partial charge in [-0.15, -0.1) is 0 Å². The molecule has 0 bridgehead atoms. The number of sulfonamides is 1. The lowest BCUT2D eigenvalue weighted by molar-refractivity contribution is -0.137. The molecule has 0 aliphatic rings. The number of halogens is 4. The van der Waals surface area contributed by atoms with Crippen LogP contribution in [-0.2, 0) is 22.7 Å². The maximum absolute atomic E-state index is 14.0. The van der Waals surface area contributed by atoms with Crippen molar-refractivity contribution in [1.82, 2.24) is 9.62 Å². The van der Waals surface area contributed by atoms with E-state index < -0.39 is 39.1 Å². The first-order valence-electron chi connectivity index (χ1n) is 7.60. The van der Waals surface area contributed by atoms with Crippen LogP contribution in [0.15, 0.2) is 47.4 Å². The van der Waals surface area contributed by atoms with Crippen LogP contribution in [0, 0.1) is 5.82 Å². The summed E-state index contributed by atoms with van der Waals surface area (Å²) in [5.74, 6) is -1.71. The van der Waals surface area contributed by atoms with E-state index in [1.165, 1.54) is 26.2 Å². The van der Waals surface area contributed by atoms with E-state index in [-0.39, 0.29) is 11.4 Å². The fourth-order valence-electron chi connectivity index (χ4n) is 2.30. The zero-order valence-electron chi connectivity index (χ0n) is 14.3. The summed E-state index contributed by atoms with van der Waals surface area (Å²) in [7, 11) is -1.36. The second-order valence-electron chi connectivity index (χ2n) is 5.71. The van der Waals surface area contributed by atoms with Crippen LogP contribution in [-0.4, -0.2) is 33.3 Å².